The number of hydrogen-bond donors (Lipinski definition) is 0. The molecule has 0 fully saturated rings. The highest BCUT2D eigenvalue weighted by Gasteiger charge is 2.21. The highest BCUT2D eigenvalue weighted by atomic mass is 15.1. The summed E-state index contributed by atoms with van der Waals surface area (Å²) < 4.78 is 2.44. The molecular weight excluding hydrogens is 749 g/mol. The van der Waals surface area contributed by atoms with Crippen LogP contribution in [0.3, 0.4) is 0 Å². The van der Waals surface area contributed by atoms with Crippen LogP contribution in [0.25, 0.3) is 83.1 Å². The van der Waals surface area contributed by atoms with E-state index in [1.54, 1.807) is 0 Å². The molecule has 11 aromatic rings. The van der Waals surface area contributed by atoms with Crippen molar-refractivity contribution in [3.8, 4) is 61.3 Å². The second kappa shape index (κ2) is 16.1. The Balaban J connectivity index is 1.04. The van der Waals surface area contributed by atoms with Crippen molar-refractivity contribution in [2.45, 2.75) is 0 Å². The third-order valence-electron chi connectivity index (χ3n) is 12.0. The second-order valence-electron chi connectivity index (χ2n) is 15.7. The summed E-state index contributed by atoms with van der Waals surface area (Å²) in [6, 6.07) is 92.0. The summed E-state index contributed by atoms with van der Waals surface area (Å²) in [5.74, 6) is 0. The standard InChI is InChI=1S/C60H42N2/c1-5-16-43(17-6-1)45-30-32-46(33-31-45)48-36-40-53(41-37-48)61(52-38-34-47(35-39-52)44-18-7-2-8-19-44)54-25-13-22-50(42-54)55-26-15-29-58-59(55)57-28-14-27-56(49-20-9-3-10-21-49)60(57)62(58)51-23-11-4-12-24-51/h1-42H. The molecule has 0 aliphatic heterocycles. The van der Waals surface area contributed by atoms with Gasteiger partial charge in [-0.25, -0.2) is 0 Å². The lowest BCUT2D eigenvalue weighted by atomic mass is 9.97. The zero-order valence-electron chi connectivity index (χ0n) is 34.1. The van der Waals surface area contributed by atoms with Crippen molar-refractivity contribution < 1.29 is 0 Å². The van der Waals surface area contributed by atoms with Gasteiger partial charge < -0.3 is 9.47 Å². The van der Waals surface area contributed by atoms with Crippen LogP contribution in [0.15, 0.2) is 255 Å². The number of hydrogen-bond acceptors (Lipinski definition) is 1. The first-order valence-electron chi connectivity index (χ1n) is 21.3. The van der Waals surface area contributed by atoms with Gasteiger partial charge in [-0.2, -0.15) is 0 Å². The highest BCUT2D eigenvalue weighted by Crippen LogP contribution is 2.44. The van der Waals surface area contributed by atoms with Gasteiger partial charge in [-0.1, -0.05) is 200 Å². The van der Waals surface area contributed by atoms with Gasteiger partial charge in [0.2, 0.25) is 0 Å². The van der Waals surface area contributed by atoms with Crippen LogP contribution >= 0.6 is 0 Å². The molecule has 0 N–H and O–H groups in total. The summed E-state index contributed by atoms with van der Waals surface area (Å²) in [5, 5.41) is 2.47. The van der Waals surface area contributed by atoms with Gasteiger partial charge in [-0.15, -0.1) is 0 Å². The minimum Gasteiger partial charge on any atom is -0.310 e. The van der Waals surface area contributed by atoms with Gasteiger partial charge in [0.1, 0.15) is 0 Å². The minimum absolute atomic E-state index is 1.09. The van der Waals surface area contributed by atoms with Crippen molar-refractivity contribution >= 4 is 38.9 Å². The van der Waals surface area contributed by atoms with Crippen LogP contribution in [0, 0.1) is 0 Å². The van der Waals surface area contributed by atoms with Crippen LogP contribution in [0.5, 0.6) is 0 Å². The lowest BCUT2D eigenvalue weighted by Crippen LogP contribution is -2.10. The summed E-state index contributed by atoms with van der Waals surface area (Å²) >= 11 is 0. The Labute approximate surface area is 362 Å². The summed E-state index contributed by atoms with van der Waals surface area (Å²) in [4.78, 5) is 2.38. The number of aromatic nitrogens is 1. The topological polar surface area (TPSA) is 8.17 Å². The molecule has 292 valence electrons. The van der Waals surface area contributed by atoms with Crippen molar-refractivity contribution in [3.05, 3.63) is 255 Å². The summed E-state index contributed by atoms with van der Waals surface area (Å²) in [5.41, 5.74) is 18.8. The van der Waals surface area contributed by atoms with E-state index in [4.69, 9.17) is 0 Å². The molecule has 2 heteroatoms. The van der Waals surface area contributed by atoms with E-state index < -0.39 is 0 Å². The molecule has 0 aliphatic carbocycles. The Morgan fingerprint density at radius 3 is 1.24 bits per heavy atom. The van der Waals surface area contributed by atoms with Gasteiger partial charge in [0.05, 0.1) is 11.0 Å². The maximum absolute atomic E-state index is 2.44. The third-order valence-corrected chi connectivity index (χ3v) is 12.0. The molecule has 10 aromatic carbocycles. The van der Waals surface area contributed by atoms with Crippen LogP contribution < -0.4 is 4.90 Å². The molecule has 2 nitrogen and oxygen atoms in total. The molecule has 0 aliphatic rings. The van der Waals surface area contributed by atoms with Crippen molar-refractivity contribution in [3.63, 3.8) is 0 Å². The monoisotopic (exact) mass is 790 g/mol. The number of rotatable bonds is 9. The predicted octanol–water partition coefficient (Wildman–Crippen LogP) is 16.6. The maximum atomic E-state index is 2.44. The molecule has 0 radical (unpaired) electrons. The summed E-state index contributed by atoms with van der Waals surface area (Å²) in [6.45, 7) is 0. The first kappa shape index (κ1) is 36.8. The lowest BCUT2D eigenvalue weighted by Gasteiger charge is -2.26. The molecule has 11 rings (SSSR count). The molecule has 0 atom stereocenters. The smallest absolute Gasteiger partial charge is 0.0619 e. The van der Waals surface area contributed by atoms with Crippen LogP contribution in [0.4, 0.5) is 17.1 Å². The van der Waals surface area contributed by atoms with Crippen molar-refractivity contribution in [2.24, 2.45) is 0 Å². The number of benzene rings is 10. The summed E-state index contributed by atoms with van der Waals surface area (Å²) in [6.07, 6.45) is 0. The van der Waals surface area contributed by atoms with Crippen molar-refractivity contribution in [1.29, 1.82) is 0 Å². The molecule has 0 spiro atoms. The molecule has 62 heavy (non-hydrogen) atoms. The fourth-order valence-corrected chi connectivity index (χ4v) is 9.03. The zero-order chi connectivity index (χ0) is 41.2. The van der Waals surface area contributed by atoms with E-state index in [2.05, 4.69) is 264 Å². The number of nitrogens with zero attached hydrogens (tertiary/aromatic N) is 2. The van der Waals surface area contributed by atoms with Gasteiger partial charge in [-0.05, 0) is 105 Å². The molecule has 0 saturated carbocycles. The van der Waals surface area contributed by atoms with Crippen LogP contribution in [0.2, 0.25) is 0 Å². The van der Waals surface area contributed by atoms with Gasteiger partial charge in [-0.3, -0.25) is 0 Å². The van der Waals surface area contributed by atoms with Crippen molar-refractivity contribution in [1.82, 2.24) is 4.57 Å². The number of para-hydroxylation sites is 2. The Morgan fingerprint density at radius 2 is 0.694 bits per heavy atom. The van der Waals surface area contributed by atoms with E-state index >= 15 is 0 Å². The van der Waals surface area contributed by atoms with Gasteiger partial charge >= 0.3 is 0 Å². The van der Waals surface area contributed by atoms with E-state index in [-0.39, 0.29) is 0 Å². The molecular formula is C60H42N2. The first-order chi connectivity index (χ1) is 30.8. The van der Waals surface area contributed by atoms with E-state index in [0.717, 1.165) is 28.3 Å². The SMILES string of the molecule is c1ccc(-c2ccc(-c3ccc(N(c4ccc(-c5ccccc5)cc4)c4cccc(-c5cccc6c5c5cccc(-c7ccccc7)c5n6-c5ccccc5)c4)cc3)cc2)cc1. The third kappa shape index (κ3) is 6.84. The Morgan fingerprint density at radius 1 is 0.274 bits per heavy atom. The van der Waals surface area contributed by atoms with Crippen molar-refractivity contribution in [2.75, 3.05) is 4.90 Å². The van der Waals surface area contributed by atoms with E-state index in [1.165, 1.54) is 71.9 Å². The van der Waals surface area contributed by atoms with E-state index in [9.17, 15) is 0 Å². The molecule has 1 aromatic heterocycles. The van der Waals surface area contributed by atoms with Crippen LogP contribution in [0.1, 0.15) is 0 Å². The Bertz CT molecular complexity index is 3280. The van der Waals surface area contributed by atoms with E-state index in [1.807, 2.05) is 0 Å². The summed E-state index contributed by atoms with van der Waals surface area (Å²) in [7, 11) is 0. The average Bonchev–Trinajstić information content (AvgIpc) is 3.71. The normalized spacial score (nSPS) is 11.2. The molecule has 0 amide bonds. The minimum atomic E-state index is 1.09. The lowest BCUT2D eigenvalue weighted by molar-refractivity contribution is 1.18. The van der Waals surface area contributed by atoms with Crippen LogP contribution in [-0.4, -0.2) is 4.57 Å². The second-order valence-corrected chi connectivity index (χ2v) is 15.7. The quantitative estimate of drug-likeness (QED) is 0.141. The molecule has 0 bridgehead atoms. The average molecular weight is 791 g/mol. The van der Waals surface area contributed by atoms with Gasteiger partial charge in [0.15, 0.2) is 0 Å². The number of anilines is 3. The predicted molar refractivity (Wildman–Crippen MR) is 263 cm³/mol. The molecule has 1 heterocycles. The maximum Gasteiger partial charge on any atom is 0.0619 e. The number of fused-ring (bicyclic) bond motifs is 3. The van der Waals surface area contributed by atoms with Crippen LogP contribution in [-0.2, 0) is 0 Å². The largest absolute Gasteiger partial charge is 0.310 e. The fourth-order valence-electron chi connectivity index (χ4n) is 9.03. The Kier molecular flexibility index (Phi) is 9.57. The zero-order valence-corrected chi connectivity index (χ0v) is 34.1. The van der Waals surface area contributed by atoms with E-state index in [0.29, 0.717) is 0 Å². The molecule has 0 unspecified atom stereocenters. The fraction of sp³-hybridized carbons (Fsp3) is 0. The Hall–Kier alpha value is -8.20. The van der Waals surface area contributed by atoms with Gasteiger partial charge in [0.25, 0.3) is 0 Å². The van der Waals surface area contributed by atoms with Gasteiger partial charge in [0, 0.05) is 39.1 Å². The first-order valence-corrected chi connectivity index (χ1v) is 21.3. The highest BCUT2D eigenvalue weighted by molar-refractivity contribution is 6.19. The molecule has 0 saturated heterocycles.